The highest BCUT2D eigenvalue weighted by atomic mass is 32.2. The highest BCUT2D eigenvalue weighted by Gasteiger charge is 2.23. The van der Waals surface area contributed by atoms with E-state index in [1.54, 1.807) is 0 Å². The van der Waals surface area contributed by atoms with Crippen molar-refractivity contribution in [3.05, 3.63) is 21.6 Å². The number of rotatable bonds is 1. The molecule has 1 aliphatic rings. The zero-order valence-electron chi connectivity index (χ0n) is 7.76. The van der Waals surface area contributed by atoms with Crippen molar-refractivity contribution in [2.24, 2.45) is 0 Å². The van der Waals surface area contributed by atoms with Crippen LogP contribution in [0.1, 0.15) is 30.5 Å². The van der Waals surface area contributed by atoms with Gasteiger partial charge in [0.1, 0.15) is 0 Å². The summed E-state index contributed by atoms with van der Waals surface area (Å²) in [5, 5.41) is 0.734. The van der Waals surface area contributed by atoms with Gasteiger partial charge in [-0.1, -0.05) is 18.7 Å². The maximum atomic E-state index is 11.6. The molecule has 0 aliphatic heterocycles. The van der Waals surface area contributed by atoms with Gasteiger partial charge in [-0.2, -0.15) is 0 Å². The molecule has 13 heavy (non-hydrogen) atoms. The zero-order valence-corrected chi connectivity index (χ0v) is 8.57. The van der Waals surface area contributed by atoms with Gasteiger partial charge in [0.05, 0.1) is 5.69 Å². The fraction of sp³-hybridized carbons (Fsp3) is 0.556. The first-order valence-corrected chi connectivity index (χ1v) is 5.62. The molecule has 2 rings (SSSR count). The second kappa shape index (κ2) is 3.18. The first-order valence-electron chi connectivity index (χ1n) is 4.39. The molecule has 4 heteroatoms. The van der Waals surface area contributed by atoms with E-state index in [1.165, 1.54) is 11.8 Å². The van der Waals surface area contributed by atoms with Crippen LogP contribution in [-0.4, -0.2) is 16.2 Å². The van der Waals surface area contributed by atoms with Crippen LogP contribution in [0, 0.1) is 0 Å². The van der Waals surface area contributed by atoms with E-state index < -0.39 is 0 Å². The summed E-state index contributed by atoms with van der Waals surface area (Å²) < 4.78 is 0. The highest BCUT2D eigenvalue weighted by Crippen LogP contribution is 2.28. The molecule has 0 bridgehead atoms. The first-order chi connectivity index (χ1) is 6.22. The van der Waals surface area contributed by atoms with Crippen LogP contribution in [0.2, 0.25) is 0 Å². The molecule has 0 spiro atoms. The van der Waals surface area contributed by atoms with Crippen molar-refractivity contribution in [3.8, 4) is 0 Å². The second-order valence-electron chi connectivity index (χ2n) is 3.38. The number of aromatic amines is 1. The molecule has 0 radical (unpaired) electrons. The van der Waals surface area contributed by atoms with Crippen molar-refractivity contribution in [1.29, 1.82) is 0 Å². The number of fused-ring (bicyclic) bond motifs is 1. The maximum absolute atomic E-state index is 11.6. The number of hydrogen-bond acceptors (Lipinski definition) is 3. The Hall–Kier alpha value is -0.770. The molecule has 3 nitrogen and oxygen atoms in total. The van der Waals surface area contributed by atoms with Gasteiger partial charge in [0.15, 0.2) is 5.16 Å². The van der Waals surface area contributed by atoms with Gasteiger partial charge in [-0.15, -0.1) is 0 Å². The van der Waals surface area contributed by atoms with Gasteiger partial charge < -0.3 is 4.98 Å². The lowest BCUT2D eigenvalue weighted by Gasteiger charge is -2.03. The summed E-state index contributed by atoms with van der Waals surface area (Å²) in [6.07, 6.45) is 3.93. The van der Waals surface area contributed by atoms with Crippen molar-refractivity contribution in [2.45, 2.75) is 30.8 Å². The standard InChI is InChI=1S/C9H12N2OS/c1-5-3-4-6-7(5)8(12)11-9(10-6)13-2/h5H,3-4H2,1-2H3,(H,10,11,12). The Kier molecular flexibility index (Phi) is 2.15. The Bertz CT molecular complexity index is 386. The number of aromatic nitrogens is 2. The summed E-state index contributed by atoms with van der Waals surface area (Å²) in [7, 11) is 0. The highest BCUT2D eigenvalue weighted by molar-refractivity contribution is 7.98. The summed E-state index contributed by atoms with van der Waals surface area (Å²) in [6.45, 7) is 2.08. The summed E-state index contributed by atoms with van der Waals surface area (Å²) >= 11 is 1.48. The van der Waals surface area contributed by atoms with Gasteiger partial charge in [0.2, 0.25) is 0 Å². The lowest BCUT2D eigenvalue weighted by Crippen LogP contribution is -2.16. The number of nitrogens with one attached hydrogen (secondary N) is 1. The molecule has 0 fully saturated rings. The minimum Gasteiger partial charge on any atom is -0.301 e. The van der Waals surface area contributed by atoms with E-state index in [0.29, 0.717) is 5.92 Å². The summed E-state index contributed by atoms with van der Waals surface area (Å²) in [4.78, 5) is 18.8. The molecule has 0 saturated carbocycles. The van der Waals surface area contributed by atoms with E-state index in [0.717, 1.165) is 29.3 Å². The molecular weight excluding hydrogens is 184 g/mol. The predicted molar refractivity (Wildman–Crippen MR) is 53.4 cm³/mol. The third kappa shape index (κ3) is 1.39. The van der Waals surface area contributed by atoms with Crippen molar-refractivity contribution in [3.63, 3.8) is 0 Å². The fourth-order valence-corrected chi connectivity index (χ4v) is 2.20. The molecule has 1 heterocycles. The van der Waals surface area contributed by atoms with Crippen LogP contribution in [0.3, 0.4) is 0 Å². The predicted octanol–water partition coefficient (Wildman–Crippen LogP) is 1.54. The van der Waals surface area contributed by atoms with E-state index >= 15 is 0 Å². The lowest BCUT2D eigenvalue weighted by atomic mass is 10.1. The third-order valence-corrected chi connectivity index (χ3v) is 3.09. The zero-order chi connectivity index (χ0) is 9.42. The minimum absolute atomic E-state index is 0.0550. The number of hydrogen-bond donors (Lipinski definition) is 1. The van der Waals surface area contributed by atoms with Crippen LogP contribution < -0.4 is 5.56 Å². The normalized spacial score (nSPS) is 20.3. The molecule has 0 aromatic carbocycles. The van der Waals surface area contributed by atoms with E-state index in [2.05, 4.69) is 16.9 Å². The van der Waals surface area contributed by atoms with Crippen molar-refractivity contribution in [2.75, 3.05) is 6.26 Å². The minimum atomic E-state index is 0.0550. The van der Waals surface area contributed by atoms with Crippen LogP contribution in [0.4, 0.5) is 0 Å². The topological polar surface area (TPSA) is 45.8 Å². The molecule has 1 aliphatic carbocycles. The molecule has 70 valence electrons. The van der Waals surface area contributed by atoms with Gasteiger partial charge in [-0.25, -0.2) is 4.98 Å². The average Bonchev–Trinajstić information content (AvgIpc) is 2.48. The number of thioether (sulfide) groups is 1. The monoisotopic (exact) mass is 196 g/mol. The Morgan fingerprint density at radius 3 is 3.08 bits per heavy atom. The molecule has 1 unspecified atom stereocenters. The largest absolute Gasteiger partial charge is 0.301 e. The SMILES string of the molecule is CSc1nc2c(c(=O)[nH]1)C(C)CC2. The van der Waals surface area contributed by atoms with Crippen LogP contribution >= 0.6 is 11.8 Å². The Morgan fingerprint density at radius 2 is 2.38 bits per heavy atom. The van der Waals surface area contributed by atoms with Crippen LogP contribution in [0.15, 0.2) is 9.95 Å². The van der Waals surface area contributed by atoms with Crippen molar-refractivity contribution >= 4 is 11.8 Å². The Balaban J connectivity index is 2.59. The van der Waals surface area contributed by atoms with Crippen LogP contribution in [0.25, 0.3) is 0 Å². The molecule has 0 saturated heterocycles. The van der Waals surface area contributed by atoms with Crippen molar-refractivity contribution in [1.82, 2.24) is 9.97 Å². The summed E-state index contributed by atoms with van der Waals surface area (Å²) in [5.74, 6) is 0.377. The Labute approximate surface area is 81.0 Å². The van der Waals surface area contributed by atoms with E-state index in [9.17, 15) is 4.79 Å². The molecule has 0 amide bonds. The molecule has 1 atom stereocenters. The Morgan fingerprint density at radius 1 is 1.62 bits per heavy atom. The summed E-state index contributed by atoms with van der Waals surface area (Å²) in [6, 6.07) is 0. The van der Waals surface area contributed by atoms with Crippen molar-refractivity contribution < 1.29 is 0 Å². The number of H-pyrrole nitrogens is 1. The van der Waals surface area contributed by atoms with Gasteiger partial charge in [-0.3, -0.25) is 4.79 Å². The van der Waals surface area contributed by atoms with E-state index in [1.807, 2.05) is 6.26 Å². The number of nitrogens with zero attached hydrogens (tertiary/aromatic N) is 1. The van der Waals surface area contributed by atoms with Gasteiger partial charge in [0, 0.05) is 5.56 Å². The lowest BCUT2D eigenvalue weighted by molar-refractivity contribution is 0.740. The van der Waals surface area contributed by atoms with Gasteiger partial charge in [-0.05, 0) is 25.0 Å². The van der Waals surface area contributed by atoms with Gasteiger partial charge >= 0.3 is 0 Å². The van der Waals surface area contributed by atoms with Gasteiger partial charge in [0.25, 0.3) is 5.56 Å². The fourth-order valence-electron chi connectivity index (χ4n) is 1.80. The quantitative estimate of drug-likeness (QED) is 0.547. The van der Waals surface area contributed by atoms with E-state index in [-0.39, 0.29) is 5.56 Å². The van der Waals surface area contributed by atoms with E-state index in [4.69, 9.17) is 0 Å². The first kappa shape index (κ1) is 8.81. The molecule has 1 N–H and O–H groups in total. The molecule has 1 aromatic heterocycles. The number of aryl methyl sites for hydroxylation is 1. The second-order valence-corrected chi connectivity index (χ2v) is 4.17. The molecular formula is C9H12N2OS. The third-order valence-electron chi connectivity index (χ3n) is 2.51. The maximum Gasteiger partial charge on any atom is 0.255 e. The average molecular weight is 196 g/mol. The molecule has 1 aromatic rings. The van der Waals surface area contributed by atoms with Crippen LogP contribution in [-0.2, 0) is 6.42 Å². The van der Waals surface area contributed by atoms with Crippen LogP contribution in [0.5, 0.6) is 0 Å². The smallest absolute Gasteiger partial charge is 0.255 e. The summed E-state index contributed by atoms with van der Waals surface area (Å²) in [5.41, 5.74) is 1.96.